The van der Waals surface area contributed by atoms with Crippen LogP contribution in [0.2, 0.25) is 0 Å². The lowest BCUT2D eigenvalue weighted by molar-refractivity contribution is 0.0971. The summed E-state index contributed by atoms with van der Waals surface area (Å²) in [4.78, 5) is 17.3. The first-order valence-corrected chi connectivity index (χ1v) is 12.9. The summed E-state index contributed by atoms with van der Waals surface area (Å²) in [5, 5.41) is 7.11. The van der Waals surface area contributed by atoms with Gasteiger partial charge in [0.25, 0.3) is 0 Å². The van der Waals surface area contributed by atoms with Crippen molar-refractivity contribution in [3.05, 3.63) is 47.8 Å². The van der Waals surface area contributed by atoms with Crippen molar-refractivity contribution in [1.29, 1.82) is 4.78 Å². The number of rotatable bonds is 5. The quantitative estimate of drug-likeness (QED) is 0.489. The van der Waals surface area contributed by atoms with Crippen molar-refractivity contribution >= 4 is 21.6 Å². The van der Waals surface area contributed by atoms with Gasteiger partial charge in [-0.05, 0) is 42.0 Å². The Balaban J connectivity index is 1.44. The van der Waals surface area contributed by atoms with E-state index >= 15 is 0 Å². The topological polar surface area (TPSA) is 131 Å². The van der Waals surface area contributed by atoms with E-state index in [4.69, 9.17) is 14.3 Å². The summed E-state index contributed by atoms with van der Waals surface area (Å²) < 4.78 is 36.7. The standard InChI is InChI=1S/C24H28N6O4S/c1-24(2)13-30-22(34-14-24)19(12-27-30)35(25,32)29-23(31)28-21-17-6-4-5-15(17)7-8-18(21)16-9-10-26-20(11-16)33-3/h7-12H,4-6,13-14H2,1-3H3,(H3,25,28,29,31,32). The number of carbonyl (C=O) groups excluding carboxylic acids is 1. The van der Waals surface area contributed by atoms with Crippen LogP contribution in [0.1, 0.15) is 31.4 Å². The number of benzene rings is 1. The second-order valence-corrected chi connectivity index (χ2v) is 11.4. The summed E-state index contributed by atoms with van der Waals surface area (Å²) in [6.45, 7) is 5.05. The molecule has 3 heterocycles. The van der Waals surface area contributed by atoms with Crippen molar-refractivity contribution < 1.29 is 18.5 Å². The molecule has 0 spiro atoms. The monoisotopic (exact) mass is 496 g/mol. The molecule has 0 saturated carbocycles. The van der Waals surface area contributed by atoms with E-state index in [2.05, 4.69) is 26.2 Å². The smallest absolute Gasteiger partial charge is 0.331 e. The number of pyridine rings is 1. The van der Waals surface area contributed by atoms with E-state index in [0.717, 1.165) is 36.0 Å². The van der Waals surface area contributed by atoms with Gasteiger partial charge in [0.2, 0.25) is 11.8 Å². The molecule has 1 aliphatic carbocycles. The Morgan fingerprint density at radius 1 is 1.29 bits per heavy atom. The summed E-state index contributed by atoms with van der Waals surface area (Å²) in [5.74, 6) is 0.719. The van der Waals surface area contributed by atoms with Gasteiger partial charge in [0.15, 0.2) is 9.92 Å². The fourth-order valence-electron chi connectivity index (χ4n) is 4.59. The van der Waals surface area contributed by atoms with Gasteiger partial charge >= 0.3 is 6.03 Å². The molecule has 11 heteroatoms. The van der Waals surface area contributed by atoms with Gasteiger partial charge in [0, 0.05) is 23.2 Å². The van der Waals surface area contributed by atoms with Crippen LogP contribution < -0.4 is 19.5 Å². The molecule has 35 heavy (non-hydrogen) atoms. The van der Waals surface area contributed by atoms with Crippen LogP contribution in [0.25, 0.3) is 11.1 Å². The number of nitrogens with zero attached hydrogens (tertiary/aromatic N) is 3. The number of urea groups is 1. The normalized spacial score (nSPS) is 17.5. The molecule has 2 aromatic heterocycles. The molecule has 1 aromatic carbocycles. The minimum absolute atomic E-state index is 0.0561. The highest BCUT2D eigenvalue weighted by atomic mass is 32.2. The molecule has 2 aliphatic rings. The van der Waals surface area contributed by atoms with Gasteiger partial charge in [0.05, 0.1) is 32.1 Å². The molecule has 3 N–H and O–H groups in total. The van der Waals surface area contributed by atoms with E-state index in [1.165, 1.54) is 11.8 Å². The van der Waals surface area contributed by atoms with E-state index in [-0.39, 0.29) is 16.2 Å². The molecule has 1 unspecified atom stereocenters. The highest BCUT2D eigenvalue weighted by Gasteiger charge is 2.33. The second kappa shape index (κ2) is 8.56. The van der Waals surface area contributed by atoms with Crippen LogP contribution in [0.3, 0.4) is 0 Å². The Morgan fingerprint density at radius 2 is 2.11 bits per heavy atom. The Hall–Kier alpha value is -3.60. The largest absolute Gasteiger partial charge is 0.481 e. The van der Waals surface area contributed by atoms with E-state index < -0.39 is 15.9 Å². The molecule has 0 radical (unpaired) electrons. The third kappa shape index (κ3) is 4.43. The van der Waals surface area contributed by atoms with Crippen molar-refractivity contribution in [1.82, 2.24) is 19.5 Å². The van der Waals surface area contributed by atoms with Crippen LogP contribution in [0.15, 0.2) is 41.6 Å². The van der Waals surface area contributed by atoms with Gasteiger partial charge in [0.1, 0.15) is 4.90 Å². The minimum Gasteiger partial charge on any atom is -0.481 e. The molecule has 0 bridgehead atoms. The molecule has 0 fully saturated rings. The number of aromatic nitrogens is 3. The Bertz CT molecular complexity index is 1410. The number of hydrogen-bond acceptors (Lipinski definition) is 7. The molecular weight excluding hydrogens is 468 g/mol. The van der Waals surface area contributed by atoms with Crippen molar-refractivity contribution in [2.75, 3.05) is 19.0 Å². The second-order valence-electron chi connectivity index (χ2n) is 9.60. The summed E-state index contributed by atoms with van der Waals surface area (Å²) >= 11 is 0. The minimum atomic E-state index is -3.72. The highest BCUT2D eigenvalue weighted by molar-refractivity contribution is 7.91. The fourth-order valence-corrected chi connectivity index (χ4v) is 5.62. The number of anilines is 1. The number of aryl methyl sites for hydroxylation is 1. The molecule has 0 saturated heterocycles. The van der Waals surface area contributed by atoms with Gasteiger partial charge in [-0.2, -0.15) is 5.10 Å². The first kappa shape index (κ1) is 23.2. The van der Waals surface area contributed by atoms with Crippen LogP contribution in [-0.4, -0.2) is 38.7 Å². The predicted molar refractivity (Wildman–Crippen MR) is 131 cm³/mol. The summed E-state index contributed by atoms with van der Waals surface area (Å²) in [5.41, 5.74) is 4.33. The van der Waals surface area contributed by atoms with Crippen LogP contribution >= 0.6 is 0 Å². The Morgan fingerprint density at radius 3 is 2.91 bits per heavy atom. The molecule has 10 nitrogen and oxygen atoms in total. The number of amides is 2. The van der Waals surface area contributed by atoms with Gasteiger partial charge in [-0.15, -0.1) is 0 Å². The summed E-state index contributed by atoms with van der Waals surface area (Å²) in [6, 6.07) is 6.93. The Kier molecular flexibility index (Phi) is 5.66. The van der Waals surface area contributed by atoms with Crippen LogP contribution in [0, 0.1) is 10.2 Å². The maximum absolute atomic E-state index is 13.3. The number of fused-ring (bicyclic) bond motifs is 2. The van der Waals surface area contributed by atoms with Crippen molar-refractivity contribution in [2.45, 2.75) is 44.6 Å². The number of carbonyl (C=O) groups is 1. The molecule has 5 rings (SSSR count). The number of ether oxygens (including phenoxy) is 2. The molecular formula is C24H28N6O4S. The lowest BCUT2D eigenvalue weighted by atomic mass is 9.94. The van der Waals surface area contributed by atoms with E-state index in [1.54, 1.807) is 24.1 Å². The first-order chi connectivity index (χ1) is 16.7. The third-order valence-corrected chi connectivity index (χ3v) is 7.63. The molecule has 1 aliphatic heterocycles. The average Bonchev–Trinajstić information content (AvgIpc) is 3.45. The first-order valence-electron chi connectivity index (χ1n) is 11.4. The zero-order valence-electron chi connectivity index (χ0n) is 19.9. The number of hydrogen-bond donors (Lipinski definition) is 3. The molecule has 1 atom stereocenters. The van der Waals surface area contributed by atoms with Crippen LogP contribution in [-0.2, 0) is 29.3 Å². The SMILES string of the molecule is COc1cc(-c2ccc3c(c2NC(=O)NS(=N)(=O)c2cnn4c2OCC(C)(C)C4)CCC3)ccn1. The van der Waals surface area contributed by atoms with Crippen molar-refractivity contribution in [2.24, 2.45) is 5.41 Å². The van der Waals surface area contributed by atoms with E-state index in [1.807, 2.05) is 26.0 Å². The summed E-state index contributed by atoms with van der Waals surface area (Å²) in [7, 11) is -2.17. The maximum Gasteiger partial charge on any atom is 0.331 e. The molecule has 2 amide bonds. The number of methoxy groups -OCH3 is 1. The van der Waals surface area contributed by atoms with Gasteiger partial charge in [-0.25, -0.2) is 28.2 Å². The third-order valence-electron chi connectivity index (χ3n) is 6.26. The van der Waals surface area contributed by atoms with Gasteiger partial charge < -0.3 is 14.8 Å². The lowest BCUT2D eigenvalue weighted by Crippen LogP contribution is -2.36. The maximum atomic E-state index is 13.3. The van der Waals surface area contributed by atoms with Crippen molar-refractivity contribution in [3.8, 4) is 22.9 Å². The summed E-state index contributed by atoms with van der Waals surface area (Å²) in [6.07, 6.45) is 5.71. The van der Waals surface area contributed by atoms with Gasteiger partial charge in [-0.3, -0.25) is 0 Å². The Labute approximate surface area is 204 Å². The van der Waals surface area contributed by atoms with Gasteiger partial charge in [-0.1, -0.05) is 26.0 Å². The van der Waals surface area contributed by atoms with E-state index in [0.29, 0.717) is 24.7 Å². The average molecular weight is 497 g/mol. The van der Waals surface area contributed by atoms with Crippen molar-refractivity contribution in [3.63, 3.8) is 0 Å². The fraction of sp³-hybridized carbons (Fsp3) is 0.375. The molecule has 184 valence electrons. The highest BCUT2D eigenvalue weighted by Crippen LogP contribution is 2.38. The van der Waals surface area contributed by atoms with Crippen LogP contribution in [0.4, 0.5) is 10.5 Å². The van der Waals surface area contributed by atoms with Crippen LogP contribution in [0.5, 0.6) is 11.8 Å². The zero-order chi connectivity index (χ0) is 24.8. The number of nitrogens with one attached hydrogen (secondary N) is 3. The lowest BCUT2D eigenvalue weighted by Gasteiger charge is -2.30. The zero-order valence-corrected chi connectivity index (χ0v) is 20.7. The molecule has 3 aromatic rings. The predicted octanol–water partition coefficient (Wildman–Crippen LogP) is 4.00. The van der Waals surface area contributed by atoms with E-state index in [9.17, 15) is 9.00 Å².